The maximum Gasteiger partial charge on any atom is 0.130 e. The van der Waals surface area contributed by atoms with Gasteiger partial charge in [-0.2, -0.15) is 0 Å². The van der Waals surface area contributed by atoms with Crippen LogP contribution in [0.1, 0.15) is 11.4 Å². The van der Waals surface area contributed by atoms with Crippen LogP contribution in [0.3, 0.4) is 0 Å². The van der Waals surface area contributed by atoms with Crippen molar-refractivity contribution in [3.05, 3.63) is 29.6 Å². The monoisotopic (exact) mass is 292 g/mol. The van der Waals surface area contributed by atoms with Gasteiger partial charge in [0.25, 0.3) is 0 Å². The minimum atomic E-state index is 0.607. The summed E-state index contributed by atoms with van der Waals surface area (Å²) < 4.78 is 2.31. The molecule has 1 aliphatic heterocycles. The number of rotatable bonds is 3. The van der Waals surface area contributed by atoms with Gasteiger partial charge in [0, 0.05) is 38.5 Å². The van der Waals surface area contributed by atoms with E-state index in [-0.39, 0.29) is 0 Å². The molecule has 108 valence electrons. The van der Waals surface area contributed by atoms with Crippen molar-refractivity contribution in [3.63, 3.8) is 0 Å². The Bertz CT molecular complexity index is 599. The van der Waals surface area contributed by atoms with Crippen LogP contribution in [-0.2, 0) is 6.42 Å². The maximum absolute atomic E-state index is 5.96. The molecule has 0 radical (unpaired) electrons. The number of aromatic nitrogens is 2. The van der Waals surface area contributed by atoms with Crippen molar-refractivity contribution in [2.45, 2.75) is 13.3 Å². The zero-order valence-corrected chi connectivity index (χ0v) is 12.9. The zero-order chi connectivity index (χ0) is 14.1. The lowest BCUT2D eigenvalue weighted by molar-refractivity contribution is 0.287. The van der Waals surface area contributed by atoms with E-state index in [0.29, 0.717) is 5.88 Å². The summed E-state index contributed by atoms with van der Waals surface area (Å²) >= 11 is 5.96. The Balaban J connectivity index is 2.08. The van der Waals surface area contributed by atoms with Gasteiger partial charge in [-0.15, -0.1) is 11.6 Å². The van der Waals surface area contributed by atoms with Gasteiger partial charge in [0.15, 0.2) is 0 Å². The molecule has 1 saturated heterocycles. The predicted octanol–water partition coefficient (Wildman–Crippen LogP) is 2.01. The lowest BCUT2D eigenvalue weighted by atomic mass is 10.2. The topological polar surface area (TPSA) is 24.3 Å². The third-order valence-electron chi connectivity index (χ3n) is 4.00. The highest BCUT2D eigenvalue weighted by Gasteiger charge is 2.20. The molecule has 0 spiro atoms. The van der Waals surface area contributed by atoms with Crippen LogP contribution in [-0.4, -0.2) is 53.7 Å². The van der Waals surface area contributed by atoms with Gasteiger partial charge in [-0.25, -0.2) is 9.66 Å². The van der Waals surface area contributed by atoms with Gasteiger partial charge in [0.2, 0.25) is 0 Å². The average Bonchev–Trinajstić information content (AvgIpc) is 2.80. The number of alkyl halides is 1. The van der Waals surface area contributed by atoms with Gasteiger partial charge in [0.1, 0.15) is 5.82 Å². The lowest BCUT2D eigenvalue weighted by Crippen LogP contribution is -2.50. The number of para-hydroxylation sites is 1. The highest BCUT2D eigenvalue weighted by Crippen LogP contribution is 2.21. The molecule has 2 heterocycles. The number of hydrogen-bond donors (Lipinski definition) is 0. The van der Waals surface area contributed by atoms with Crippen molar-refractivity contribution >= 4 is 22.6 Å². The molecule has 5 heteroatoms. The van der Waals surface area contributed by atoms with E-state index in [1.165, 1.54) is 11.1 Å². The highest BCUT2D eigenvalue weighted by atomic mass is 35.5. The Kier molecular flexibility index (Phi) is 3.85. The summed E-state index contributed by atoms with van der Waals surface area (Å²) in [6, 6.07) is 6.32. The van der Waals surface area contributed by atoms with Crippen molar-refractivity contribution in [2.75, 3.05) is 44.1 Å². The minimum Gasteiger partial charge on any atom is -0.308 e. The van der Waals surface area contributed by atoms with Crippen molar-refractivity contribution in [1.82, 2.24) is 14.6 Å². The summed E-state index contributed by atoms with van der Waals surface area (Å²) in [7, 11) is 2.17. The van der Waals surface area contributed by atoms with Gasteiger partial charge in [-0.05, 0) is 25.6 Å². The first-order valence-electron chi connectivity index (χ1n) is 7.17. The van der Waals surface area contributed by atoms with Crippen LogP contribution in [0.25, 0.3) is 11.0 Å². The van der Waals surface area contributed by atoms with Gasteiger partial charge in [-0.3, -0.25) is 0 Å². The Morgan fingerprint density at radius 3 is 2.65 bits per heavy atom. The van der Waals surface area contributed by atoms with Crippen LogP contribution in [0.4, 0.5) is 0 Å². The van der Waals surface area contributed by atoms with E-state index in [2.05, 4.69) is 46.8 Å². The third kappa shape index (κ3) is 2.38. The maximum atomic E-state index is 5.96. The van der Waals surface area contributed by atoms with Crippen molar-refractivity contribution in [2.24, 2.45) is 0 Å². The fourth-order valence-corrected chi connectivity index (χ4v) is 3.04. The fourth-order valence-electron chi connectivity index (χ4n) is 2.87. The van der Waals surface area contributed by atoms with E-state index in [1.54, 1.807) is 0 Å². The van der Waals surface area contributed by atoms with Crippen LogP contribution in [0.5, 0.6) is 0 Å². The number of nitrogens with zero attached hydrogens (tertiary/aromatic N) is 4. The van der Waals surface area contributed by atoms with Crippen LogP contribution in [0, 0.1) is 6.92 Å². The summed E-state index contributed by atoms with van der Waals surface area (Å²) in [6.07, 6.45) is 0.808. The second-order valence-electron chi connectivity index (χ2n) is 5.48. The van der Waals surface area contributed by atoms with E-state index in [1.807, 2.05) is 0 Å². The number of aryl methyl sites for hydroxylation is 2. The molecular weight excluding hydrogens is 272 g/mol. The SMILES string of the molecule is Cc1cccc2nc(CCCl)n(N3CCN(C)CC3)c12. The molecule has 2 aromatic rings. The van der Waals surface area contributed by atoms with E-state index in [0.717, 1.165) is 43.9 Å². The Morgan fingerprint density at radius 1 is 1.20 bits per heavy atom. The van der Waals surface area contributed by atoms with E-state index >= 15 is 0 Å². The van der Waals surface area contributed by atoms with Crippen molar-refractivity contribution in [1.29, 1.82) is 0 Å². The van der Waals surface area contributed by atoms with Crippen LogP contribution < -0.4 is 5.01 Å². The molecule has 1 aliphatic rings. The van der Waals surface area contributed by atoms with Crippen LogP contribution in [0.2, 0.25) is 0 Å². The van der Waals surface area contributed by atoms with Crippen molar-refractivity contribution < 1.29 is 0 Å². The quantitative estimate of drug-likeness (QED) is 0.809. The highest BCUT2D eigenvalue weighted by molar-refractivity contribution is 6.17. The van der Waals surface area contributed by atoms with E-state index in [9.17, 15) is 0 Å². The number of halogens is 1. The molecule has 1 aromatic carbocycles. The number of piperazine rings is 1. The van der Waals surface area contributed by atoms with Crippen LogP contribution >= 0.6 is 11.6 Å². The van der Waals surface area contributed by atoms with Gasteiger partial charge >= 0.3 is 0 Å². The number of benzene rings is 1. The minimum absolute atomic E-state index is 0.607. The fraction of sp³-hybridized carbons (Fsp3) is 0.533. The zero-order valence-electron chi connectivity index (χ0n) is 12.1. The molecule has 0 amide bonds. The molecule has 0 unspecified atom stereocenters. The molecule has 0 bridgehead atoms. The predicted molar refractivity (Wildman–Crippen MR) is 84.3 cm³/mol. The summed E-state index contributed by atoms with van der Waals surface area (Å²) in [4.78, 5) is 7.15. The first-order valence-corrected chi connectivity index (χ1v) is 7.71. The van der Waals surface area contributed by atoms with E-state index < -0.39 is 0 Å². The summed E-state index contributed by atoms with van der Waals surface area (Å²) in [5.74, 6) is 1.68. The van der Waals surface area contributed by atoms with Gasteiger partial charge < -0.3 is 9.91 Å². The summed E-state index contributed by atoms with van der Waals surface area (Å²) in [5, 5.41) is 2.41. The molecule has 0 N–H and O–H groups in total. The average molecular weight is 293 g/mol. The normalized spacial score (nSPS) is 17.1. The smallest absolute Gasteiger partial charge is 0.130 e. The molecule has 0 atom stereocenters. The Labute approximate surface area is 124 Å². The molecular formula is C15H21ClN4. The Morgan fingerprint density at radius 2 is 1.95 bits per heavy atom. The first kappa shape index (κ1) is 13.7. The molecule has 3 rings (SSSR count). The standard InChI is InChI=1S/C15H21ClN4/c1-12-4-3-5-13-15(12)20(14(17-13)6-7-16)19-10-8-18(2)9-11-19/h3-5H,6-11H2,1-2H3. The molecule has 1 fully saturated rings. The number of hydrogen-bond acceptors (Lipinski definition) is 3. The first-order chi connectivity index (χ1) is 9.70. The number of imidazole rings is 1. The summed E-state index contributed by atoms with van der Waals surface area (Å²) in [6.45, 7) is 6.40. The van der Waals surface area contributed by atoms with Crippen molar-refractivity contribution in [3.8, 4) is 0 Å². The molecule has 0 saturated carbocycles. The van der Waals surface area contributed by atoms with Gasteiger partial charge in [0.05, 0.1) is 11.0 Å². The molecule has 4 nitrogen and oxygen atoms in total. The lowest BCUT2D eigenvalue weighted by Gasteiger charge is -2.35. The van der Waals surface area contributed by atoms with Gasteiger partial charge in [-0.1, -0.05) is 12.1 Å². The van der Waals surface area contributed by atoms with E-state index in [4.69, 9.17) is 16.6 Å². The Hall–Kier alpha value is -1.26. The second kappa shape index (κ2) is 5.62. The molecule has 0 aliphatic carbocycles. The number of likely N-dealkylation sites (N-methyl/N-ethyl adjacent to an activating group) is 1. The summed E-state index contributed by atoms with van der Waals surface area (Å²) in [5.41, 5.74) is 3.58. The second-order valence-corrected chi connectivity index (χ2v) is 5.86. The molecule has 20 heavy (non-hydrogen) atoms. The third-order valence-corrected chi connectivity index (χ3v) is 4.19. The largest absolute Gasteiger partial charge is 0.308 e. The van der Waals surface area contributed by atoms with Crippen LogP contribution in [0.15, 0.2) is 18.2 Å². The number of fused-ring (bicyclic) bond motifs is 1. The molecule has 1 aromatic heterocycles.